The molecule has 3 aromatic rings. The lowest BCUT2D eigenvalue weighted by molar-refractivity contribution is -0.126. The quantitative estimate of drug-likeness (QED) is 0.634. The number of benzene rings is 1. The molecule has 1 aromatic carbocycles. The Hall–Kier alpha value is -3.42. The Kier molecular flexibility index (Phi) is 5.98. The van der Waals surface area contributed by atoms with Crippen molar-refractivity contribution < 1.29 is 22.8 Å². The number of oxazole rings is 1. The highest BCUT2D eigenvalue weighted by Gasteiger charge is 2.12. The van der Waals surface area contributed by atoms with Crippen LogP contribution in [0.1, 0.15) is 18.1 Å². The zero-order chi connectivity index (χ0) is 19.1. The molecule has 2 N–H and O–H groups in total. The minimum absolute atomic E-state index is 0.0999. The molecule has 3 rings (SSSR count). The Morgan fingerprint density at radius 3 is 2.70 bits per heavy atom. The Labute approximate surface area is 154 Å². The van der Waals surface area contributed by atoms with E-state index in [2.05, 4.69) is 15.6 Å². The fraction of sp³-hybridized carbons (Fsp3) is 0.211. The monoisotopic (exact) mass is 371 g/mol. The van der Waals surface area contributed by atoms with Crippen LogP contribution in [0.5, 0.6) is 0 Å². The van der Waals surface area contributed by atoms with E-state index in [1.165, 1.54) is 18.5 Å². The molecule has 0 atom stereocenters. The normalized spacial score (nSPS) is 10.6. The summed E-state index contributed by atoms with van der Waals surface area (Å²) in [5.41, 5.74) is 0.314. The molecule has 8 heteroatoms. The summed E-state index contributed by atoms with van der Waals surface area (Å²) in [7, 11) is 0. The Morgan fingerprint density at radius 1 is 1.07 bits per heavy atom. The van der Waals surface area contributed by atoms with Gasteiger partial charge in [0.05, 0.1) is 31.1 Å². The molecule has 0 radical (unpaired) electrons. The maximum absolute atomic E-state index is 13.7. The number of hydrogen-bond acceptors (Lipinski definition) is 5. The lowest BCUT2D eigenvalue weighted by atomic mass is 10.2. The van der Waals surface area contributed by atoms with Crippen molar-refractivity contribution in [3.8, 4) is 11.3 Å². The molecule has 0 aliphatic carbocycles. The van der Waals surface area contributed by atoms with Crippen LogP contribution < -0.4 is 10.6 Å². The third kappa shape index (κ3) is 5.27. The van der Waals surface area contributed by atoms with Crippen LogP contribution in [0.15, 0.2) is 57.7 Å². The van der Waals surface area contributed by atoms with Crippen LogP contribution in [-0.4, -0.2) is 23.3 Å². The number of nitrogens with zero attached hydrogens (tertiary/aromatic N) is 1. The minimum Gasteiger partial charge on any atom is -0.467 e. The van der Waals surface area contributed by atoms with E-state index < -0.39 is 5.82 Å². The molecule has 2 amide bonds. The third-order valence-electron chi connectivity index (χ3n) is 3.74. The minimum atomic E-state index is -0.404. The van der Waals surface area contributed by atoms with E-state index in [-0.39, 0.29) is 37.7 Å². The van der Waals surface area contributed by atoms with Gasteiger partial charge in [-0.3, -0.25) is 9.59 Å². The number of furan rings is 1. The molecular formula is C19H18FN3O4. The zero-order valence-corrected chi connectivity index (χ0v) is 14.4. The van der Waals surface area contributed by atoms with Gasteiger partial charge in [0.15, 0.2) is 11.7 Å². The topological polar surface area (TPSA) is 97.4 Å². The van der Waals surface area contributed by atoms with Crippen LogP contribution in [-0.2, 0) is 22.6 Å². The summed E-state index contributed by atoms with van der Waals surface area (Å²) in [6.07, 6.45) is 3.29. The molecule has 0 spiro atoms. The van der Waals surface area contributed by atoms with Gasteiger partial charge in [-0.15, -0.1) is 0 Å². The van der Waals surface area contributed by atoms with E-state index in [0.717, 1.165) is 0 Å². The van der Waals surface area contributed by atoms with E-state index in [1.807, 2.05) is 0 Å². The van der Waals surface area contributed by atoms with Crippen LogP contribution in [0, 0.1) is 5.82 Å². The number of carbonyl (C=O) groups excluding carboxylic acids is 2. The lowest BCUT2D eigenvalue weighted by Gasteiger charge is -2.05. The first-order valence-corrected chi connectivity index (χ1v) is 8.37. The van der Waals surface area contributed by atoms with Gasteiger partial charge in [0, 0.05) is 12.8 Å². The molecule has 0 saturated heterocycles. The number of amides is 2. The summed E-state index contributed by atoms with van der Waals surface area (Å²) in [6, 6.07) is 9.68. The van der Waals surface area contributed by atoms with Crippen LogP contribution in [0.2, 0.25) is 0 Å². The van der Waals surface area contributed by atoms with Crippen molar-refractivity contribution in [2.24, 2.45) is 0 Å². The van der Waals surface area contributed by atoms with Gasteiger partial charge >= 0.3 is 0 Å². The number of rotatable bonds is 8. The van der Waals surface area contributed by atoms with Gasteiger partial charge in [-0.05, 0) is 24.3 Å². The fourth-order valence-corrected chi connectivity index (χ4v) is 2.36. The first kappa shape index (κ1) is 18.4. The molecule has 0 saturated carbocycles. The predicted molar refractivity (Wildman–Crippen MR) is 93.8 cm³/mol. The molecule has 0 unspecified atom stereocenters. The summed E-state index contributed by atoms with van der Waals surface area (Å²) < 4.78 is 24.3. The third-order valence-corrected chi connectivity index (χ3v) is 3.74. The summed E-state index contributed by atoms with van der Waals surface area (Å²) in [4.78, 5) is 27.6. The van der Waals surface area contributed by atoms with Crippen molar-refractivity contribution in [2.75, 3.05) is 6.54 Å². The van der Waals surface area contributed by atoms with Crippen molar-refractivity contribution in [1.82, 2.24) is 15.6 Å². The molecular weight excluding hydrogens is 353 g/mol. The number of carbonyl (C=O) groups is 2. The highest BCUT2D eigenvalue weighted by atomic mass is 19.1. The average Bonchev–Trinajstić information content (AvgIpc) is 3.35. The maximum atomic E-state index is 13.7. The lowest BCUT2D eigenvalue weighted by Crippen LogP contribution is -2.36. The van der Waals surface area contributed by atoms with Crippen molar-refractivity contribution >= 4 is 11.8 Å². The predicted octanol–water partition coefficient (Wildman–Crippen LogP) is 2.44. The summed E-state index contributed by atoms with van der Waals surface area (Å²) in [5, 5.41) is 5.15. The van der Waals surface area contributed by atoms with Crippen molar-refractivity contribution in [3.05, 3.63) is 66.3 Å². The SMILES string of the molecule is O=C(CCc1ncc(-c2ccccc2F)o1)NCC(=O)NCc1ccco1. The Bertz CT molecular complexity index is 905. The number of aromatic nitrogens is 1. The van der Waals surface area contributed by atoms with Crippen molar-refractivity contribution in [2.45, 2.75) is 19.4 Å². The second kappa shape index (κ2) is 8.79. The highest BCUT2D eigenvalue weighted by Crippen LogP contribution is 2.23. The first-order chi connectivity index (χ1) is 13.1. The molecule has 0 bridgehead atoms. The van der Waals surface area contributed by atoms with Gasteiger partial charge in [-0.1, -0.05) is 12.1 Å². The first-order valence-electron chi connectivity index (χ1n) is 8.37. The van der Waals surface area contributed by atoms with E-state index in [9.17, 15) is 14.0 Å². The number of nitrogens with one attached hydrogen (secondary N) is 2. The molecule has 0 fully saturated rings. The van der Waals surface area contributed by atoms with E-state index in [0.29, 0.717) is 23.0 Å². The van der Waals surface area contributed by atoms with E-state index >= 15 is 0 Å². The number of hydrogen-bond donors (Lipinski definition) is 2. The van der Waals surface area contributed by atoms with Gasteiger partial charge in [-0.25, -0.2) is 9.37 Å². The summed E-state index contributed by atoms with van der Waals surface area (Å²) in [5.74, 6) is 0.223. The molecule has 7 nitrogen and oxygen atoms in total. The van der Waals surface area contributed by atoms with E-state index in [1.54, 1.807) is 30.3 Å². The van der Waals surface area contributed by atoms with Gasteiger partial charge < -0.3 is 19.5 Å². The Balaban J connectivity index is 1.40. The zero-order valence-electron chi connectivity index (χ0n) is 14.4. The van der Waals surface area contributed by atoms with Crippen LogP contribution in [0.25, 0.3) is 11.3 Å². The maximum Gasteiger partial charge on any atom is 0.239 e. The molecule has 2 aromatic heterocycles. The van der Waals surface area contributed by atoms with Gasteiger partial charge in [0.1, 0.15) is 11.6 Å². The molecule has 27 heavy (non-hydrogen) atoms. The van der Waals surface area contributed by atoms with Crippen LogP contribution in [0.3, 0.4) is 0 Å². The molecule has 0 aliphatic rings. The number of halogens is 1. The van der Waals surface area contributed by atoms with Gasteiger partial charge in [-0.2, -0.15) is 0 Å². The van der Waals surface area contributed by atoms with E-state index in [4.69, 9.17) is 8.83 Å². The van der Waals surface area contributed by atoms with Crippen LogP contribution in [0.4, 0.5) is 4.39 Å². The second-order valence-corrected chi connectivity index (χ2v) is 5.73. The largest absolute Gasteiger partial charge is 0.467 e. The standard InChI is InChI=1S/C19H18FN3O4/c20-15-6-2-1-5-14(15)16-11-23-19(27-16)8-7-17(24)22-12-18(25)21-10-13-4-3-9-26-13/h1-6,9,11H,7-8,10,12H2,(H,21,25)(H,22,24). The average molecular weight is 371 g/mol. The van der Waals surface area contributed by atoms with Crippen molar-refractivity contribution in [1.29, 1.82) is 0 Å². The smallest absolute Gasteiger partial charge is 0.239 e. The van der Waals surface area contributed by atoms with Crippen molar-refractivity contribution in [3.63, 3.8) is 0 Å². The van der Waals surface area contributed by atoms with Gasteiger partial charge in [0.25, 0.3) is 0 Å². The molecule has 140 valence electrons. The second-order valence-electron chi connectivity index (χ2n) is 5.73. The summed E-state index contributed by atoms with van der Waals surface area (Å²) >= 11 is 0. The highest BCUT2D eigenvalue weighted by molar-refractivity contribution is 5.84. The van der Waals surface area contributed by atoms with Gasteiger partial charge in [0.2, 0.25) is 11.8 Å². The fourth-order valence-electron chi connectivity index (χ4n) is 2.36. The van der Waals surface area contributed by atoms with Crippen LogP contribution >= 0.6 is 0 Å². The number of aryl methyl sites for hydroxylation is 1. The summed E-state index contributed by atoms with van der Waals surface area (Å²) in [6.45, 7) is 0.127. The Morgan fingerprint density at radius 2 is 1.93 bits per heavy atom. The molecule has 2 heterocycles. The molecule has 0 aliphatic heterocycles.